The molecule has 1 nitrogen and oxygen atoms in total. The van der Waals surface area contributed by atoms with Crippen molar-refractivity contribution in [1.82, 2.24) is 0 Å². The summed E-state index contributed by atoms with van der Waals surface area (Å²) in [5.41, 5.74) is 0. The Hall–Kier alpha value is 0.440. The first-order valence-electron chi connectivity index (χ1n) is 4.01. The van der Waals surface area contributed by atoms with Crippen LogP contribution in [0.4, 0.5) is 0 Å². The van der Waals surface area contributed by atoms with Crippen molar-refractivity contribution in [3.8, 4) is 0 Å². The highest BCUT2D eigenvalue weighted by molar-refractivity contribution is 9.09. The Bertz CT molecular complexity index is 64.3. The summed E-state index contributed by atoms with van der Waals surface area (Å²) in [5, 5.41) is 10.0. The summed E-state index contributed by atoms with van der Waals surface area (Å²) in [6, 6.07) is 0. The standard InChI is InChI=1S/C8H17BrO/c1-8(10)6-4-2-3-5-7-9/h8,10H,2-7H2,1H3. The van der Waals surface area contributed by atoms with Gasteiger partial charge in [-0.05, 0) is 19.8 Å². The van der Waals surface area contributed by atoms with Gasteiger partial charge in [-0.25, -0.2) is 0 Å². The summed E-state index contributed by atoms with van der Waals surface area (Å²) in [4.78, 5) is 0. The number of hydrogen-bond acceptors (Lipinski definition) is 1. The van der Waals surface area contributed by atoms with Crippen molar-refractivity contribution in [1.29, 1.82) is 0 Å². The third-order valence-corrected chi connectivity index (χ3v) is 2.07. The van der Waals surface area contributed by atoms with Crippen LogP contribution >= 0.6 is 15.9 Å². The number of aliphatic hydroxyl groups is 1. The molecule has 0 fully saturated rings. The molecule has 0 aromatic heterocycles. The number of halogens is 1. The molecular formula is C8H17BrO. The summed E-state index contributed by atoms with van der Waals surface area (Å²) in [7, 11) is 0. The molecule has 0 aromatic rings. The minimum Gasteiger partial charge on any atom is -0.393 e. The van der Waals surface area contributed by atoms with Crippen molar-refractivity contribution >= 4 is 15.9 Å². The molecule has 0 bridgehead atoms. The topological polar surface area (TPSA) is 20.2 Å². The fraction of sp³-hybridized carbons (Fsp3) is 1.00. The fourth-order valence-corrected chi connectivity index (χ4v) is 1.28. The van der Waals surface area contributed by atoms with E-state index in [1.54, 1.807) is 0 Å². The van der Waals surface area contributed by atoms with Gasteiger partial charge in [-0.2, -0.15) is 0 Å². The lowest BCUT2D eigenvalue weighted by atomic mass is 10.1. The zero-order valence-corrected chi connectivity index (χ0v) is 8.23. The summed E-state index contributed by atoms with van der Waals surface area (Å²) in [6.07, 6.45) is 5.84. The molecule has 10 heavy (non-hydrogen) atoms. The van der Waals surface area contributed by atoms with Crippen LogP contribution in [0, 0.1) is 0 Å². The Morgan fingerprint density at radius 3 is 2.30 bits per heavy atom. The third kappa shape index (κ3) is 8.44. The molecule has 62 valence electrons. The van der Waals surface area contributed by atoms with Crippen LogP contribution in [0.25, 0.3) is 0 Å². The van der Waals surface area contributed by atoms with Crippen molar-refractivity contribution in [3.63, 3.8) is 0 Å². The second-order valence-electron chi connectivity index (χ2n) is 2.74. The van der Waals surface area contributed by atoms with Gasteiger partial charge in [0.2, 0.25) is 0 Å². The molecule has 0 radical (unpaired) electrons. The van der Waals surface area contributed by atoms with E-state index in [2.05, 4.69) is 15.9 Å². The lowest BCUT2D eigenvalue weighted by Gasteiger charge is -2.01. The molecular weight excluding hydrogens is 192 g/mol. The quantitative estimate of drug-likeness (QED) is 0.526. The second-order valence-corrected chi connectivity index (χ2v) is 3.53. The number of alkyl halides is 1. The van der Waals surface area contributed by atoms with Crippen molar-refractivity contribution in [2.24, 2.45) is 0 Å². The van der Waals surface area contributed by atoms with Crippen LogP contribution in [0.15, 0.2) is 0 Å². The Morgan fingerprint density at radius 1 is 1.20 bits per heavy atom. The third-order valence-electron chi connectivity index (χ3n) is 1.51. The van der Waals surface area contributed by atoms with Crippen molar-refractivity contribution in [2.75, 3.05) is 5.33 Å². The molecule has 0 saturated heterocycles. The monoisotopic (exact) mass is 208 g/mol. The number of aliphatic hydroxyl groups excluding tert-OH is 1. The van der Waals surface area contributed by atoms with Gasteiger partial charge in [-0.15, -0.1) is 0 Å². The van der Waals surface area contributed by atoms with E-state index < -0.39 is 0 Å². The van der Waals surface area contributed by atoms with E-state index in [1.165, 1.54) is 25.7 Å². The van der Waals surface area contributed by atoms with E-state index in [9.17, 15) is 0 Å². The van der Waals surface area contributed by atoms with Crippen molar-refractivity contribution in [3.05, 3.63) is 0 Å². The van der Waals surface area contributed by atoms with Gasteiger partial charge in [0.1, 0.15) is 0 Å². The lowest BCUT2D eigenvalue weighted by Crippen LogP contribution is -1.98. The van der Waals surface area contributed by atoms with Gasteiger partial charge in [0.05, 0.1) is 6.10 Å². The second kappa shape index (κ2) is 7.55. The van der Waals surface area contributed by atoms with E-state index >= 15 is 0 Å². The molecule has 1 N–H and O–H groups in total. The highest BCUT2D eigenvalue weighted by Crippen LogP contribution is 2.06. The van der Waals surface area contributed by atoms with E-state index in [0.717, 1.165) is 11.8 Å². The molecule has 0 aliphatic rings. The predicted octanol–water partition coefficient (Wildman–Crippen LogP) is 2.71. The van der Waals surface area contributed by atoms with Crippen LogP contribution in [0.2, 0.25) is 0 Å². The summed E-state index contributed by atoms with van der Waals surface area (Å²) in [5.74, 6) is 0. The fourth-order valence-electron chi connectivity index (χ4n) is 0.888. The SMILES string of the molecule is CC(O)CCCCCCBr. The van der Waals surface area contributed by atoms with Crippen molar-refractivity contribution in [2.45, 2.75) is 45.1 Å². The number of rotatable bonds is 6. The van der Waals surface area contributed by atoms with Gasteiger partial charge in [-0.3, -0.25) is 0 Å². The molecule has 2 heteroatoms. The minimum atomic E-state index is -0.107. The van der Waals surface area contributed by atoms with Crippen LogP contribution in [0.1, 0.15) is 39.0 Å². The van der Waals surface area contributed by atoms with Crippen LogP contribution in [0.5, 0.6) is 0 Å². The molecule has 0 aliphatic heterocycles. The van der Waals surface area contributed by atoms with E-state index in [4.69, 9.17) is 5.11 Å². The van der Waals surface area contributed by atoms with Gasteiger partial charge >= 0.3 is 0 Å². The van der Waals surface area contributed by atoms with Crippen LogP contribution in [-0.4, -0.2) is 16.5 Å². The van der Waals surface area contributed by atoms with Crippen LogP contribution < -0.4 is 0 Å². The molecule has 0 saturated carbocycles. The average Bonchev–Trinajstić information content (AvgIpc) is 1.87. The Labute approximate surface area is 72.0 Å². The highest BCUT2D eigenvalue weighted by atomic mass is 79.9. The number of unbranched alkanes of at least 4 members (excludes halogenated alkanes) is 3. The molecule has 0 amide bonds. The predicted molar refractivity (Wildman–Crippen MR) is 48.6 cm³/mol. The Balaban J connectivity index is 2.77. The molecule has 0 spiro atoms. The maximum Gasteiger partial charge on any atom is 0.0512 e. The number of hydrogen-bond donors (Lipinski definition) is 1. The van der Waals surface area contributed by atoms with Gasteiger partial charge in [-0.1, -0.05) is 35.2 Å². The molecule has 0 aliphatic carbocycles. The average molecular weight is 209 g/mol. The zero-order chi connectivity index (χ0) is 7.82. The summed E-state index contributed by atoms with van der Waals surface area (Å²) < 4.78 is 0. The van der Waals surface area contributed by atoms with Gasteiger partial charge < -0.3 is 5.11 Å². The van der Waals surface area contributed by atoms with E-state index in [0.29, 0.717) is 0 Å². The maximum absolute atomic E-state index is 8.90. The van der Waals surface area contributed by atoms with Gasteiger partial charge in [0.15, 0.2) is 0 Å². The smallest absolute Gasteiger partial charge is 0.0512 e. The zero-order valence-electron chi connectivity index (χ0n) is 6.65. The van der Waals surface area contributed by atoms with Crippen LogP contribution in [0.3, 0.4) is 0 Å². The first-order valence-corrected chi connectivity index (χ1v) is 5.13. The lowest BCUT2D eigenvalue weighted by molar-refractivity contribution is 0.180. The van der Waals surface area contributed by atoms with E-state index in [1.807, 2.05) is 6.92 Å². The molecule has 0 heterocycles. The molecule has 0 rings (SSSR count). The molecule has 1 atom stereocenters. The Morgan fingerprint density at radius 2 is 1.80 bits per heavy atom. The van der Waals surface area contributed by atoms with Crippen LogP contribution in [-0.2, 0) is 0 Å². The normalized spacial score (nSPS) is 13.5. The highest BCUT2D eigenvalue weighted by Gasteiger charge is 1.94. The minimum absolute atomic E-state index is 0.107. The largest absolute Gasteiger partial charge is 0.393 e. The van der Waals surface area contributed by atoms with Gasteiger partial charge in [0, 0.05) is 5.33 Å². The van der Waals surface area contributed by atoms with Gasteiger partial charge in [0.25, 0.3) is 0 Å². The summed E-state index contributed by atoms with van der Waals surface area (Å²) in [6.45, 7) is 1.85. The first kappa shape index (κ1) is 10.4. The molecule has 1 unspecified atom stereocenters. The molecule has 0 aromatic carbocycles. The maximum atomic E-state index is 8.90. The van der Waals surface area contributed by atoms with Crippen molar-refractivity contribution < 1.29 is 5.11 Å². The first-order chi connectivity index (χ1) is 4.77. The van der Waals surface area contributed by atoms with E-state index in [-0.39, 0.29) is 6.10 Å². The Kier molecular flexibility index (Phi) is 7.88. The summed E-state index contributed by atoms with van der Waals surface area (Å²) >= 11 is 3.38.